The molecule has 1 aromatic carbocycles. The summed E-state index contributed by atoms with van der Waals surface area (Å²) >= 11 is 1.68. The van der Waals surface area contributed by atoms with Gasteiger partial charge in [0.05, 0.1) is 12.2 Å². The van der Waals surface area contributed by atoms with Crippen LogP contribution in [0, 0.1) is 0 Å². The van der Waals surface area contributed by atoms with E-state index in [2.05, 4.69) is 60.5 Å². The summed E-state index contributed by atoms with van der Waals surface area (Å²) in [6.45, 7) is 5.10. The molecule has 1 saturated heterocycles. The van der Waals surface area contributed by atoms with Gasteiger partial charge in [0.1, 0.15) is 0 Å². The Morgan fingerprint density at radius 1 is 1.03 bits per heavy atom. The highest BCUT2D eigenvalue weighted by Gasteiger charge is 2.18. The molecule has 0 amide bonds. The molecular weight excluding hydrogens is 398 g/mol. The number of thiophene rings is 1. The van der Waals surface area contributed by atoms with Crippen LogP contribution in [0.2, 0.25) is 0 Å². The molecule has 0 atom stereocenters. The molecule has 0 bridgehead atoms. The van der Waals surface area contributed by atoms with Crippen LogP contribution in [-0.2, 0) is 13.1 Å². The van der Waals surface area contributed by atoms with Crippen molar-refractivity contribution in [2.75, 3.05) is 36.4 Å². The average Bonchev–Trinajstić information content (AvgIpc) is 3.43. The van der Waals surface area contributed by atoms with Gasteiger partial charge < -0.3 is 10.2 Å². The van der Waals surface area contributed by atoms with E-state index in [0.29, 0.717) is 24.8 Å². The molecule has 0 unspecified atom stereocenters. The largest absolute Gasteiger partial charge is 0.369 e. The Bertz CT molecular complexity index is 1160. The van der Waals surface area contributed by atoms with E-state index < -0.39 is 0 Å². The molecule has 8 nitrogen and oxygen atoms in total. The highest BCUT2D eigenvalue weighted by atomic mass is 32.1. The monoisotopic (exact) mass is 421 g/mol. The lowest BCUT2D eigenvalue weighted by molar-refractivity contribution is 0.247. The van der Waals surface area contributed by atoms with Crippen molar-refractivity contribution in [3.8, 4) is 0 Å². The molecule has 2 N–H and O–H groups in total. The molecule has 4 aromatic rings. The number of para-hydroxylation sites is 1. The number of nitrogens with zero attached hydrogens (tertiary/aromatic N) is 5. The summed E-state index contributed by atoms with van der Waals surface area (Å²) in [7, 11) is 0. The SMILES string of the molecule is O=c1cc(CN2CCN(c3ccccc3)CC2)nc2nc(NCc3cccs3)[nH]n12. The highest BCUT2D eigenvalue weighted by Crippen LogP contribution is 2.16. The Morgan fingerprint density at radius 2 is 1.87 bits per heavy atom. The molecule has 1 aliphatic heterocycles. The zero-order valence-corrected chi connectivity index (χ0v) is 17.3. The number of fused-ring (bicyclic) bond motifs is 1. The molecule has 9 heteroatoms. The van der Waals surface area contributed by atoms with Crippen molar-refractivity contribution in [2.45, 2.75) is 13.1 Å². The van der Waals surface area contributed by atoms with Crippen LogP contribution in [0.25, 0.3) is 5.78 Å². The van der Waals surface area contributed by atoms with E-state index in [4.69, 9.17) is 0 Å². The summed E-state index contributed by atoms with van der Waals surface area (Å²) in [4.78, 5) is 27.5. The van der Waals surface area contributed by atoms with Gasteiger partial charge in [-0.25, -0.2) is 4.98 Å². The van der Waals surface area contributed by atoms with Crippen LogP contribution in [0.15, 0.2) is 58.7 Å². The maximum absolute atomic E-state index is 12.5. The van der Waals surface area contributed by atoms with Crippen LogP contribution in [0.4, 0.5) is 11.6 Å². The maximum Gasteiger partial charge on any atom is 0.274 e. The fraction of sp³-hybridized carbons (Fsp3) is 0.286. The van der Waals surface area contributed by atoms with Gasteiger partial charge in [0.2, 0.25) is 5.95 Å². The molecule has 30 heavy (non-hydrogen) atoms. The van der Waals surface area contributed by atoms with Crippen LogP contribution in [-0.4, -0.2) is 50.7 Å². The zero-order chi connectivity index (χ0) is 20.3. The first-order valence-corrected chi connectivity index (χ1v) is 10.9. The number of hydrogen-bond donors (Lipinski definition) is 2. The van der Waals surface area contributed by atoms with E-state index in [1.807, 2.05) is 17.5 Å². The van der Waals surface area contributed by atoms with Gasteiger partial charge in [-0.05, 0) is 23.6 Å². The van der Waals surface area contributed by atoms with Gasteiger partial charge in [-0.2, -0.15) is 9.50 Å². The van der Waals surface area contributed by atoms with Gasteiger partial charge in [-0.1, -0.05) is 24.3 Å². The summed E-state index contributed by atoms with van der Waals surface area (Å²) < 4.78 is 1.38. The second-order valence-corrected chi connectivity index (χ2v) is 8.36. The first-order valence-electron chi connectivity index (χ1n) is 10.0. The minimum atomic E-state index is -0.144. The molecule has 3 aromatic heterocycles. The second kappa shape index (κ2) is 8.29. The van der Waals surface area contributed by atoms with Crippen LogP contribution in [0.1, 0.15) is 10.6 Å². The van der Waals surface area contributed by atoms with E-state index in [0.717, 1.165) is 31.9 Å². The van der Waals surface area contributed by atoms with Crippen molar-refractivity contribution in [3.05, 3.63) is 74.8 Å². The van der Waals surface area contributed by atoms with E-state index in [-0.39, 0.29) is 5.56 Å². The lowest BCUT2D eigenvalue weighted by Crippen LogP contribution is -2.46. The third-order valence-electron chi connectivity index (χ3n) is 5.27. The van der Waals surface area contributed by atoms with E-state index in [9.17, 15) is 4.79 Å². The molecular formula is C21H23N7OS. The van der Waals surface area contributed by atoms with Gasteiger partial charge in [-0.3, -0.25) is 14.8 Å². The van der Waals surface area contributed by atoms with Crippen molar-refractivity contribution in [1.82, 2.24) is 24.5 Å². The first kappa shape index (κ1) is 18.8. The third-order valence-corrected chi connectivity index (χ3v) is 6.15. The van der Waals surface area contributed by atoms with Gasteiger partial charge in [0, 0.05) is 49.4 Å². The van der Waals surface area contributed by atoms with Crippen molar-refractivity contribution >= 4 is 28.8 Å². The van der Waals surface area contributed by atoms with Crippen molar-refractivity contribution in [3.63, 3.8) is 0 Å². The van der Waals surface area contributed by atoms with Crippen molar-refractivity contribution in [1.29, 1.82) is 0 Å². The van der Waals surface area contributed by atoms with Gasteiger partial charge in [0.15, 0.2) is 0 Å². The highest BCUT2D eigenvalue weighted by molar-refractivity contribution is 7.09. The van der Waals surface area contributed by atoms with Crippen LogP contribution in [0.5, 0.6) is 0 Å². The number of piperazine rings is 1. The fourth-order valence-electron chi connectivity index (χ4n) is 3.70. The standard InChI is InChI=1S/C21H23N7OS/c29-19-13-16(15-26-8-10-27(11-9-26)17-5-2-1-3-6-17)23-21-24-20(25-28(19)21)22-14-18-7-4-12-30-18/h1-7,12-13H,8-11,14-15H2,(H2,22,23,24,25). The smallest absolute Gasteiger partial charge is 0.274 e. The number of nitrogens with one attached hydrogen (secondary N) is 2. The molecule has 0 radical (unpaired) electrons. The maximum atomic E-state index is 12.5. The molecule has 5 rings (SSSR count). The average molecular weight is 422 g/mol. The Balaban J connectivity index is 1.24. The van der Waals surface area contributed by atoms with Gasteiger partial charge in [-0.15, -0.1) is 11.3 Å². The number of H-pyrrole nitrogens is 1. The minimum Gasteiger partial charge on any atom is -0.369 e. The predicted octanol–water partition coefficient (Wildman–Crippen LogP) is 2.41. The molecule has 4 heterocycles. The van der Waals surface area contributed by atoms with Crippen molar-refractivity contribution in [2.24, 2.45) is 0 Å². The quantitative estimate of drug-likeness (QED) is 0.498. The topological polar surface area (TPSA) is 81.6 Å². The summed E-state index contributed by atoms with van der Waals surface area (Å²) in [6, 6.07) is 16.1. The number of hydrogen-bond acceptors (Lipinski definition) is 7. The minimum absolute atomic E-state index is 0.144. The molecule has 0 aliphatic carbocycles. The van der Waals surface area contributed by atoms with E-state index in [1.165, 1.54) is 15.1 Å². The summed E-state index contributed by atoms with van der Waals surface area (Å²) in [6.07, 6.45) is 0. The van der Waals surface area contributed by atoms with Crippen LogP contribution >= 0.6 is 11.3 Å². The lowest BCUT2D eigenvalue weighted by atomic mass is 10.2. The Morgan fingerprint density at radius 3 is 2.63 bits per heavy atom. The number of aromatic nitrogens is 4. The fourth-order valence-corrected chi connectivity index (χ4v) is 4.35. The summed E-state index contributed by atoms with van der Waals surface area (Å²) in [5, 5.41) is 8.23. The second-order valence-electron chi connectivity index (χ2n) is 7.33. The first-order chi connectivity index (χ1) is 14.7. The number of anilines is 2. The molecule has 1 fully saturated rings. The van der Waals surface area contributed by atoms with E-state index >= 15 is 0 Å². The predicted molar refractivity (Wildman–Crippen MR) is 119 cm³/mol. The van der Waals surface area contributed by atoms with Crippen LogP contribution < -0.4 is 15.8 Å². The molecule has 154 valence electrons. The zero-order valence-electron chi connectivity index (χ0n) is 16.5. The third kappa shape index (κ3) is 4.07. The number of benzene rings is 1. The van der Waals surface area contributed by atoms with Crippen molar-refractivity contribution < 1.29 is 0 Å². The molecule has 0 saturated carbocycles. The summed E-state index contributed by atoms with van der Waals surface area (Å²) in [5.41, 5.74) is 1.87. The normalized spacial score (nSPS) is 15.0. The molecule has 1 aliphatic rings. The van der Waals surface area contributed by atoms with Gasteiger partial charge >= 0.3 is 0 Å². The number of rotatable bonds is 6. The lowest BCUT2D eigenvalue weighted by Gasteiger charge is -2.35. The summed E-state index contributed by atoms with van der Waals surface area (Å²) in [5.74, 6) is 0.940. The molecule has 0 spiro atoms. The van der Waals surface area contributed by atoms with Gasteiger partial charge in [0.25, 0.3) is 11.3 Å². The Labute approximate surface area is 177 Å². The van der Waals surface area contributed by atoms with Crippen LogP contribution in [0.3, 0.4) is 0 Å². The Hall–Kier alpha value is -3.17. The van der Waals surface area contributed by atoms with E-state index in [1.54, 1.807) is 17.4 Å². The number of aromatic amines is 1. The Kier molecular flexibility index (Phi) is 5.20.